The van der Waals surface area contributed by atoms with Crippen LogP contribution in [0.2, 0.25) is 5.02 Å². The molecule has 0 radical (unpaired) electrons. The van der Waals surface area contributed by atoms with E-state index in [-0.39, 0.29) is 22.5 Å². The van der Waals surface area contributed by atoms with Crippen LogP contribution in [0.4, 0.5) is 0 Å². The van der Waals surface area contributed by atoms with Crippen molar-refractivity contribution in [2.45, 2.75) is 96.1 Å². The summed E-state index contributed by atoms with van der Waals surface area (Å²) in [5.41, 5.74) is 2.08. The number of carboxylic acids is 1. The van der Waals surface area contributed by atoms with Gasteiger partial charge in [-0.3, -0.25) is 9.59 Å². The molecule has 1 aliphatic heterocycles. The first-order valence-corrected chi connectivity index (χ1v) is 15.6. The Labute approximate surface area is 253 Å². The van der Waals surface area contributed by atoms with Crippen LogP contribution in [0.25, 0.3) is 10.9 Å². The molecule has 2 aromatic carbocycles. The van der Waals surface area contributed by atoms with Crippen LogP contribution in [-0.2, 0) is 22.6 Å². The molecule has 1 saturated heterocycles. The number of ether oxygens (including phenoxy) is 1. The fourth-order valence-corrected chi connectivity index (χ4v) is 6.57. The summed E-state index contributed by atoms with van der Waals surface area (Å²) in [5.74, 6) is -0.231. The standard InChI is InChI=1S/C33H43ClN2O4S/c1-20(2)28(37)29(25-9-8-16-35-25)40-23-14-15-26-24(17-23)30(41-32(3,4)5)27(18-33(6,7)31(38)39)36(26)19-21-10-12-22(34)13-11-21/h10-15,17,20,25,29,35H,8-9,16,18-19H2,1-7H3,(H,38,39)/t25?,29-/m0/s1. The summed E-state index contributed by atoms with van der Waals surface area (Å²) >= 11 is 7.91. The Morgan fingerprint density at radius 3 is 2.37 bits per heavy atom. The number of rotatable bonds is 11. The van der Waals surface area contributed by atoms with Crippen molar-refractivity contribution in [3.8, 4) is 5.75 Å². The first kappa shape index (κ1) is 31.5. The van der Waals surface area contributed by atoms with Gasteiger partial charge in [-0.15, -0.1) is 11.8 Å². The number of carboxylic acid groups (broad SMARTS) is 1. The number of fused-ring (bicyclic) bond motifs is 1. The molecule has 2 atom stereocenters. The highest BCUT2D eigenvalue weighted by Gasteiger charge is 2.35. The Kier molecular flexibility index (Phi) is 9.52. The van der Waals surface area contributed by atoms with Crippen molar-refractivity contribution in [3.05, 3.63) is 58.7 Å². The third kappa shape index (κ3) is 7.49. The molecule has 2 heterocycles. The average molecular weight is 599 g/mol. The Hall–Kier alpha value is -2.48. The molecule has 41 heavy (non-hydrogen) atoms. The third-order valence-electron chi connectivity index (χ3n) is 7.52. The molecule has 8 heteroatoms. The van der Waals surface area contributed by atoms with E-state index in [0.29, 0.717) is 23.7 Å². The molecule has 0 bridgehead atoms. The number of ketones is 1. The summed E-state index contributed by atoms with van der Waals surface area (Å²) in [4.78, 5) is 26.5. The number of aliphatic carboxylic acids is 1. The number of nitrogens with one attached hydrogen (secondary N) is 1. The van der Waals surface area contributed by atoms with E-state index in [9.17, 15) is 14.7 Å². The van der Waals surface area contributed by atoms with E-state index >= 15 is 0 Å². The van der Waals surface area contributed by atoms with Crippen molar-refractivity contribution in [2.24, 2.45) is 11.3 Å². The third-order valence-corrected chi connectivity index (χ3v) is 9.04. The van der Waals surface area contributed by atoms with Crippen molar-refractivity contribution in [1.82, 2.24) is 9.88 Å². The molecule has 1 aromatic heterocycles. The second kappa shape index (κ2) is 12.4. The molecule has 222 valence electrons. The summed E-state index contributed by atoms with van der Waals surface area (Å²) in [5, 5.41) is 15.2. The van der Waals surface area contributed by atoms with Gasteiger partial charge in [0.15, 0.2) is 11.9 Å². The largest absolute Gasteiger partial charge is 0.481 e. The van der Waals surface area contributed by atoms with Crippen LogP contribution in [0.5, 0.6) is 5.75 Å². The van der Waals surface area contributed by atoms with E-state index in [4.69, 9.17) is 16.3 Å². The summed E-state index contributed by atoms with van der Waals surface area (Å²) < 4.78 is 8.60. The Morgan fingerprint density at radius 1 is 1.12 bits per heavy atom. The van der Waals surface area contributed by atoms with E-state index < -0.39 is 17.5 Å². The number of hydrogen-bond acceptors (Lipinski definition) is 5. The fraction of sp³-hybridized carbons (Fsp3) is 0.515. The number of carbonyl (C=O) groups is 2. The highest BCUT2D eigenvalue weighted by molar-refractivity contribution is 8.00. The number of Topliss-reactive ketones (excluding diaryl/α,β-unsaturated/α-hetero) is 1. The summed E-state index contributed by atoms with van der Waals surface area (Å²) in [6.45, 7) is 15.3. The van der Waals surface area contributed by atoms with Crippen molar-refractivity contribution < 1.29 is 19.4 Å². The van der Waals surface area contributed by atoms with Crippen LogP contribution in [0.15, 0.2) is 47.4 Å². The Balaban J connectivity index is 1.88. The maximum absolute atomic E-state index is 13.2. The van der Waals surface area contributed by atoms with Crippen molar-refractivity contribution in [2.75, 3.05) is 6.54 Å². The predicted molar refractivity (Wildman–Crippen MR) is 169 cm³/mol. The monoisotopic (exact) mass is 598 g/mol. The normalized spacial score (nSPS) is 16.9. The van der Waals surface area contributed by atoms with Gasteiger partial charge in [0, 0.05) is 50.1 Å². The lowest BCUT2D eigenvalue weighted by molar-refractivity contribution is -0.146. The van der Waals surface area contributed by atoms with Crippen LogP contribution in [0.3, 0.4) is 0 Å². The molecule has 6 nitrogen and oxygen atoms in total. The van der Waals surface area contributed by atoms with Crippen LogP contribution >= 0.6 is 23.4 Å². The van der Waals surface area contributed by atoms with Gasteiger partial charge < -0.3 is 19.7 Å². The first-order chi connectivity index (χ1) is 19.2. The zero-order valence-corrected chi connectivity index (χ0v) is 26.8. The lowest BCUT2D eigenvalue weighted by atomic mass is 9.88. The molecular weight excluding hydrogens is 556 g/mol. The average Bonchev–Trinajstić information content (AvgIpc) is 3.50. The van der Waals surface area contributed by atoms with Gasteiger partial charge in [0.25, 0.3) is 0 Å². The molecule has 1 fully saturated rings. The minimum absolute atomic E-state index is 0.00885. The van der Waals surface area contributed by atoms with E-state index in [1.807, 2.05) is 56.3 Å². The molecule has 0 spiro atoms. The second-order valence-corrected chi connectivity index (χ2v) is 15.3. The van der Waals surface area contributed by atoms with Gasteiger partial charge in [0.05, 0.1) is 11.5 Å². The van der Waals surface area contributed by atoms with Gasteiger partial charge in [-0.2, -0.15) is 0 Å². The smallest absolute Gasteiger partial charge is 0.309 e. The maximum atomic E-state index is 13.2. The lowest BCUT2D eigenvalue weighted by Gasteiger charge is -2.25. The maximum Gasteiger partial charge on any atom is 0.309 e. The van der Waals surface area contributed by atoms with Crippen molar-refractivity contribution in [1.29, 1.82) is 0 Å². The quantitative estimate of drug-likeness (QED) is 0.221. The van der Waals surface area contributed by atoms with Crippen molar-refractivity contribution >= 4 is 46.0 Å². The van der Waals surface area contributed by atoms with Crippen LogP contribution in [-0.4, -0.2) is 44.9 Å². The van der Waals surface area contributed by atoms with Gasteiger partial charge in [0.1, 0.15) is 5.75 Å². The first-order valence-electron chi connectivity index (χ1n) is 14.4. The van der Waals surface area contributed by atoms with E-state index in [2.05, 4.69) is 30.7 Å². The summed E-state index contributed by atoms with van der Waals surface area (Å²) in [7, 11) is 0. The van der Waals surface area contributed by atoms with E-state index in [0.717, 1.165) is 46.4 Å². The fourth-order valence-electron chi connectivity index (χ4n) is 5.26. The molecule has 0 saturated carbocycles. The highest BCUT2D eigenvalue weighted by atomic mass is 35.5. The Morgan fingerprint density at radius 2 is 1.80 bits per heavy atom. The lowest BCUT2D eigenvalue weighted by Crippen LogP contribution is -2.46. The molecule has 3 aromatic rings. The van der Waals surface area contributed by atoms with Gasteiger partial charge in [-0.25, -0.2) is 0 Å². The molecule has 0 aliphatic carbocycles. The minimum Gasteiger partial charge on any atom is -0.481 e. The number of thioether (sulfide) groups is 1. The van der Waals surface area contributed by atoms with Crippen LogP contribution < -0.4 is 10.1 Å². The van der Waals surface area contributed by atoms with E-state index in [1.54, 1.807) is 25.6 Å². The minimum atomic E-state index is -0.971. The number of benzene rings is 2. The van der Waals surface area contributed by atoms with Crippen LogP contribution in [0, 0.1) is 11.3 Å². The second-order valence-electron chi connectivity index (χ2n) is 13.0. The molecule has 4 rings (SSSR count). The summed E-state index contributed by atoms with van der Waals surface area (Å²) in [6.07, 6.45) is 1.73. The number of carbonyl (C=O) groups excluding carboxylic acids is 1. The number of nitrogens with zero attached hydrogens (tertiary/aromatic N) is 1. The van der Waals surface area contributed by atoms with Gasteiger partial charge in [0.2, 0.25) is 0 Å². The van der Waals surface area contributed by atoms with Crippen molar-refractivity contribution in [3.63, 3.8) is 0 Å². The van der Waals surface area contributed by atoms with E-state index in [1.165, 1.54) is 0 Å². The molecule has 1 aliphatic rings. The number of halogens is 1. The summed E-state index contributed by atoms with van der Waals surface area (Å²) in [6, 6.07) is 13.8. The topological polar surface area (TPSA) is 80.6 Å². The molecular formula is C33H43ClN2O4S. The molecule has 1 unspecified atom stereocenters. The molecule has 2 N–H and O–H groups in total. The van der Waals surface area contributed by atoms with Gasteiger partial charge in [-0.05, 0) is 69.1 Å². The predicted octanol–water partition coefficient (Wildman–Crippen LogP) is 7.61. The van der Waals surface area contributed by atoms with Crippen LogP contribution in [0.1, 0.15) is 72.6 Å². The molecule has 0 amide bonds. The number of aromatic nitrogens is 1. The SMILES string of the molecule is CC(C)C(=O)[C@@H](Oc1ccc2c(c1)c(SC(C)(C)C)c(CC(C)(C)C(=O)O)n2Cc1ccc(Cl)cc1)C1CCCN1. The zero-order valence-electron chi connectivity index (χ0n) is 25.2. The highest BCUT2D eigenvalue weighted by Crippen LogP contribution is 2.44. The Bertz CT molecular complexity index is 1400. The number of hydrogen-bond donors (Lipinski definition) is 2. The van der Waals surface area contributed by atoms with Gasteiger partial charge >= 0.3 is 5.97 Å². The zero-order chi connectivity index (χ0) is 30.1. The van der Waals surface area contributed by atoms with Gasteiger partial charge in [-0.1, -0.05) is 58.4 Å².